The van der Waals surface area contributed by atoms with Gasteiger partial charge >= 0.3 is 0 Å². The van der Waals surface area contributed by atoms with Crippen molar-refractivity contribution in [3.8, 4) is 0 Å². The number of benzene rings is 2. The van der Waals surface area contributed by atoms with Gasteiger partial charge in [-0.05, 0) is 49.4 Å². The van der Waals surface area contributed by atoms with E-state index in [1.165, 1.54) is 22.3 Å². The van der Waals surface area contributed by atoms with E-state index in [0.29, 0.717) is 0 Å². The molecule has 2 aromatic carbocycles. The Kier molecular flexibility index (Phi) is 4.70. The zero-order valence-electron chi connectivity index (χ0n) is 11.5. The number of alkyl halides is 1. The van der Waals surface area contributed by atoms with Crippen LogP contribution in [-0.2, 0) is 6.42 Å². The lowest BCUT2D eigenvalue weighted by molar-refractivity contribution is 0.934. The summed E-state index contributed by atoms with van der Waals surface area (Å²) in [6.07, 6.45) is 0.955. The lowest BCUT2D eigenvalue weighted by Gasteiger charge is -2.15. The van der Waals surface area contributed by atoms with Crippen molar-refractivity contribution in [3.63, 3.8) is 0 Å². The molecule has 0 aromatic heterocycles. The molecule has 0 amide bonds. The van der Waals surface area contributed by atoms with E-state index < -0.39 is 0 Å². The molecule has 0 fully saturated rings. The van der Waals surface area contributed by atoms with Crippen molar-refractivity contribution in [2.45, 2.75) is 32.0 Å². The average molecular weight is 338 g/mol. The molecule has 1 atom stereocenters. The van der Waals surface area contributed by atoms with Crippen molar-refractivity contribution >= 4 is 27.5 Å². The van der Waals surface area contributed by atoms with Crippen LogP contribution < -0.4 is 0 Å². The maximum atomic E-state index is 6.40. The van der Waals surface area contributed by atoms with Gasteiger partial charge < -0.3 is 0 Å². The molecular weight excluding hydrogens is 320 g/mol. The third-order valence-corrected chi connectivity index (χ3v) is 4.80. The minimum atomic E-state index is 0.250. The van der Waals surface area contributed by atoms with Gasteiger partial charge in [0.05, 0.1) is 0 Å². The predicted molar refractivity (Wildman–Crippen MR) is 87.5 cm³/mol. The third-order valence-electron chi connectivity index (χ3n) is 3.46. The topological polar surface area (TPSA) is 0 Å². The Hall–Kier alpha value is -0.790. The largest absolute Gasteiger partial charge is 0.0837 e. The van der Waals surface area contributed by atoms with Crippen LogP contribution in [0.2, 0.25) is 5.02 Å². The first-order valence-corrected chi connectivity index (χ1v) is 7.73. The van der Waals surface area contributed by atoms with E-state index in [2.05, 4.69) is 60.1 Å². The quantitative estimate of drug-likeness (QED) is 0.608. The molecule has 2 aromatic rings. The molecule has 0 N–H and O–H groups in total. The van der Waals surface area contributed by atoms with Crippen LogP contribution in [0.4, 0.5) is 0 Å². The standard InChI is InChI=1S/C17H18BrCl/c1-11-7-8-12(2)14(9-11)10-16(18)15-6-4-5-13(3)17(15)19/h4-9,16H,10H2,1-3H3. The van der Waals surface area contributed by atoms with Crippen molar-refractivity contribution < 1.29 is 0 Å². The molecule has 0 aliphatic rings. The van der Waals surface area contributed by atoms with E-state index in [9.17, 15) is 0 Å². The van der Waals surface area contributed by atoms with Gasteiger partial charge in [0, 0.05) is 9.85 Å². The summed E-state index contributed by atoms with van der Waals surface area (Å²) in [5, 5.41) is 0.870. The molecule has 2 heteroatoms. The molecule has 100 valence electrons. The molecule has 0 spiro atoms. The van der Waals surface area contributed by atoms with Crippen LogP contribution in [0, 0.1) is 20.8 Å². The van der Waals surface area contributed by atoms with Crippen LogP contribution in [0.3, 0.4) is 0 Å². The van der Waals surface area contributed by atoms with E-state index in [1.807, 2.05) is 13.0 Å². The Morgan fingerprint density at radius 3 is 2.53 bits per heavy atom. The average Bonchev–Trinajstić information content (AvgIpc) is 2.37. The fourth-order valence-corrected chi connectivity index (χ4v) is 3.36. The first-order valence-electron chi connectivity index (χ1n) is 6.44. The summed E-state index contributed by atoms with van der Waals surface area (Å²) in [6.45, 7) is 6.33. The van der Waals surface area contributed by atoms with Gasteiger partial charge in [-0.3, -0.25) is 0 Å². The van der Waals surface area contributed by atoms with Gasteiger partial charge in [0.15, 0.2) is 0 Å². The molecule has 0 bridgehead atoms. The number of hydrogen-bond donors (Lipinski definition) is 0. The predicted octanol–water partition coefficient (Wildman–Crippen LogP) is 5.94. The summed E-state index contributed by atoms with van der Waals surface area (Å²) in [4.78, 5) is 0.250. The molecule has 2 rings (SSSR count). The van der Waals surface area contributed by atoms with E-state index in [-0.39, 0.29) is 4.83 Å². The molecule has 0 aliphatic carbocycles. The molecule has 19 heavy (non-hydrogen) atoms. The molecule has 1 unspecified atom stereocenters. The summed E-state index contributed by atoms with van der Waals surface area (Å²) in [5.41, 5.74) is 6.31. The summed E-state index contributed by atoms with van der Waals surface area (Å²) in [6, 6.07) is 12.8. The maximum absolute atomic E-state index is 6.40. The monoisotopic (exact) mass is 336 g/mol. The Labute approximate surface area is 128 Å². The lowest BCUT2D eigenvalue weighted by atomic mass is 9.98. The summed E-state index contributed by atoms with van der Waals surface area (Å²) in [7, 11) is 0. The first kappa shape index (κ1) is 14.6. The highest BCUT2D eigenvalue weighted by atomic mass is 79.9. The summed E-state index contributed by atoms with van der Waals surface area (Å²) >= 11 is 10.2. The zero-order chi connectivity index (χ0) is 14.0. The molecule has 0 radical (unpaired) electrons. The molecular formula is C17H18BrCl. The fourth-order valence-electron chi connectivity index (χ4n) is 2.24. The normalized spacial score (nSPS) is 12.5. The van der Waals surface area contributed by atoms with Crippen LogP contribution in [0.5, 0.6) is 0 Å². The second kappa shape index (κ2) is 6.11. The highest BCUT2D eigenvalue weighted by Crippen LogP contribution is 2.34. The lowest BCUT2D eigenvalue weighted by Crippen LogP contribution is -1.99. The molecule has 0 saturated heterocycles. The number of hydrogen-bond acceptors (Lipinski definition) is 0. The van der Waals surface area contributed by atoms with Gasteiger partial charge in [-0.25, -0.2) is 0 Å². The number of halogens is 2. The number of aryl methyl sites for hydroxylation is 3. The van der Waals surface area contributed by atoms with Gasteiger partial charge in [-0.1, -0.05) is 69.5 Å². The van der Waals surface area contributed by atoms with Crippen molar-refractivity contribution in [1.82, 2.24) is 0 Å². The highest BCUT2D eigenvalue weighted by molar-refractivity contribution is 9.09. The van der Waals surface area contributed by atoms with Crippen LogP contribution in [-0.4, -0.2) is 0 Å². The molecule has 0 aliphatic heterocycles. The Bertz CT molecular complexity index is 590. The molecule has 0 heterocycles. The van der Waals surface area contributed by atoms with E-state index in [0.717, 1.165) is 17.0 Å². The summed E-state index contributed by atoms with van der Waals surface area (Å²) in [5.74, 6) is 0. The van der Waals surface area contributed by atoms with Crippen molar-refractivity contribution in [2.75, 3.05) is 0 Å². The van der Waals surface area contributed by atoms with Crippen molar-refractivity contribution in [3.05, 3.63) is 69.2 Å². The van der Waals surface area contributed by atoms with Crippen LogP contribution in [0.25, 0.3) is 0 Å². The van der Waals surface area contributed by atoms with Gasteiger partial charge in [0.2, 0.25) is 0 Å². The zero-order valence-corrected chi connectivity index (χ0v) is 13.8. The van der Waals surface area contributed by atoms with Gasteiger partial charge in [-0.2, -0.15) is 0 Å². The molecule has 0 nitrogen and oxygen atoms in total. The van der Waals surface area contributed by atoms with Crippen molar-refractivity contribution in [1.29, 1.82) is 0 Å². The van der Waals surface area contributed by atoms with Gasteiger partial charge in [0.1, 0.15) is 0 Å². The fraction of sp³-hybridized carbons (Fsp3) is 0.294. The van der Waals surface area contributed by atoms with E-state index >= 15 is 0 Å². The van der Waals surface area contributed by atoms with Gasteiger partial charge in [-0.15, -0.1) is 0 Å². The molecule has 0 saturated carbocycles. The first-order chi connectivity index (χ1) is 8.99. The SMILES string of the molecule is Cc1ccc(C)c(CC(Br)c2cccc(C)c2Cl)c1. The van der Waals surface area contributed by atoms with Gasteiger partial charge in [0.25, 0.3) is 0 Å². The Morgan fingerprint density at radius 1 is 1.05 bits per heavy atom. The Morgan fingerprint density at radius 2 is 1.79 bits per heavy atom. The highest BCUT2D eigenvalue weighted by Gasteiger charge is 2.14. The number of rotatable bonds is 3. The summed E-state index contributed by atoms with van der Waals surface area (Å²) < 4.78 is 0. The van der Waals surface area contributed by atoms with E-state index in [1.54, 1.807) is 0 Å². The van der Waals surface area contributed by atoms with E-state index in [4.69, 9.17) is 11.6 Å². The third kappa shape index (κ3) is 3.40. The van der Waals surface area contributed by atoms with Crippen LogP contribution in [0.1, 0.15) is 32.6 Å². The smallest absolute Gasteiger partial charge is 0.0478 e. The second-order valence-electron chi connectivity index (χ2n) is 5.08. The van der Waals surface area contributed by atoms with Crippen molar-refractivity contribution in [2.24, 2.45) is 0 Å². The minimum Gasteiger partial charge on any atom is -0.0837 e. The maximum Gasteiger partial charge on any atom is 0.0478 e. The van der Waals surface area contributed by atoms with Crippen LogP contribution >= 0.6 is 27.5 Å². The van der Waals surface area contributed by atoms with Crippen LogP contribution in [0.15, 0.2) is 36.4 Å². The Balaban J connectivity index is 2.28. The second-order valence-corrected chi connectivity index (χ2v) is 6.56. The minimum absolute atomic E-state index is 0.250.